The van der Waals surface area contributed by atoms with Gasteiger partial charge >= 0.3 is 5.97 Å². The van der Waals surface area contributed by atoms with Gasteiger partial charge in [0.1, 0.15) is 40.1 Å². The lowest BCUT2D eigenvalue weighted by molar-refractivity contribution is -0.121. The number of anilines is 2. The van der Waals surface area contributed by atoms with E-state index in [0.717, 1.165) is 21.7 Å². The van der Waals surface area contributed by atoms with E-state index in [1.807, 2.05) is 52.0 Å². The Balaban J connectivity index is 1.58. The highest BCUT2D eigenvalue weighted by Gasteiger charge is 2.38. The Kier molecular flexibility index (Phi) is 7.48. The normalized spacial score (nSPS) is 13.8. The minimum absolute atomic E-state index is 0.0557. The zero-order valence-electron chi connectivity index (χ0n) is 23.8. The number of benzene rings is 3. The van der Waals surface area contributed by atoms with E-state index in [4.69, 9.17) is 14.2 Å². The van der Waals surface area contributed by atoms with Gasteiger partial charge < -0.3 is 24.4 Å². The molecule has 4 aromatic rings. The van der Waals surface area contributed by atoms with Crippen LogP contribution in [-0.4, -0.2) is 31.6 Å². The highest BCUT2D eigenvalue weighted by molar-refractivity contribution is 7.13. The molecule has 0 saturated heterocycles. The van der Waals surface area contributed by atoms with Gasteiger partial charge in [-0.3, -0.25) is 4.79 Å². The number of thiophene rings is 1. The summed E-state index contributed by atoms with van der Waals surface area (Å²) in [6.07, 6.45) is 0. The number of methoxy groups -OCH3 is 1. The van der Waals surface area contributed by atoms with Crippen LogP contribution >= 0.6 is 11.3 Å². The third-order valence-electron chi connectivity index (χ3n) is 7.04. The number of aryl methyl sites for hydroxylation is 2. The number of hydrogen-bond acceptors (Lipinski definition) is 7. The van der Waals surface area contributed by atoms with E-state index in [2.05, 4.69) is 5.32 Å². The van der Waals surface area contributed by atoms with Crippen molar-refractivity contribution in [2.24, 2.45) is 0 Å². The molecule has 7 nitrogen and oxygen atoms in total. The molecule has 1 aromatic heterocycles. The van der Waals surface area contributed by atoms with Gasteiger partial charge in [0.05, 0.1) is 18.5 Å². The molecule has 1 aliphatic rings. The lowest BCUT2D eigenvalue weighted by Crippen LogP contribution is -2.52. The summed E-state index contributed by atoms with van der Waals surface area (Å²) in [6.45, 7) is 7.48. The van der Waals surface area contributed by atoms with Gasteiger partial charge in [-0.15, -0.1) is 11.3 Å². The van der Waals surface area contributed by atoms with E-state index in [0.29, 0.717) is 38.9 Å². The van der Waals surface area contributed by atoms with Gasteiger partial charge in [0.25, 0.3) is 5.91 Å². The average Bonchev–Trinajstić information content (AvgIpc) is 3.38. The smallest absolute Gasteiger partial charge is 0.353 e. The van der Waals surface area contributed by atoms with Crippen molar-refractivity contribution in [1.82, 2.24) is 0 Å². The van der Waals surface area contributed by atoms with Gasteiger partial charge in [0.15, 0.2) is 0 Å². The number of carbonyl (C=O) groups excluding carboxylic acids is 2. The molecule has 1 amide bonds. The summed E-state index contributed by atoms with van der Waals surface area (Å²) in [5.74, 6) is 0.261. The fourth-order valence-corrected chi connectivity index (χ4v) is 5.71. The summed E-state index contributed by atoms with van der Waals surface area (Å²) >= 11 is 1.36. The summed E-state index contributed by atoms with van der Waals surface area (Å²) in [7, 11) is 3.27. The van der Waals surface area contributed by atoms with Crippen molar-refractivity contribution in [3.05, 3.63) is 87.4 Å². The summed E-state index contributed by atoms with van der Waals surface area (Å²) in [4.78, 5) is 29.1. The Morgan fingerprint density at radius 2 is 1.76 bits per heavy atom. The fourth-order valence-electron chi connectivity index (χ4n) is 4.97. The minimum Gasteiger partial charge on any atom is -0.496 e. The van der Waals surface area contributed by atoms with E-state index in [-0.39, 0.29) is 12.5 Å². The predicted molar refractivity (Wildman–Crippen MR) is 159 cm³/mol. The SMILES string of the molecule is COc1cc(OC(=O)c2ccc(C)s2)ccc1-c1ccc2c(c1COc1cc(F)ccc1C)N(C)C(=O)C(C)(C)N2. The first-order chi connectivity index (χ1) is 19.5. The number of halogens is 1. The fraction of sp³-hybridized carbons (Fsp3) is 0.250. The molecule has 0 unspecified atom stereocenters. The summed E-state index contributed by atoms with van der Waals surface area (Å²) < 4.78 is 31.5. The van der Waals surface area contributed by atoms with Gasteiger partial charge in [-0.25, -0.2) is 9.18 Å². The molecule has 0 bridgehead atoms. The lowest BCUT2D eigenvalue weighted by atomic mass is 9.91. The second-order valence-electron chi connectivity index (χ2n) is 10.5. The highest BCUT2D eigenvalue weighted by atomic mass is 32.1. The van der Waals surface area contributed by atoms with E-state index in [9.17, 15) is 14.0 Å². The van der Waals surface area contributed by atoms with Crippen molar-refractivity contribution in [3.63, 3.8) is 0 Å². The summed E-state index contributed by atoms with van der Waals surface area (Å²) in [6, 6.07) is 17.0. The molecule has 41 heavy (non-hydrogen) atoms. The molecule has 0 fully saturated rings. The number of nitrogens with zero attached hydrogens (tertiary/aromatic N) is 1. The quantitative estimate of drug-likeness (QED) is 0.187. The van der Waals surface area contributed by atoms with Crippen LogP contribution in [-0.2, 0) is 11.4 Å². The predicted octanol–water partition coefficient (Wildman–Crippen LogP) is 7.14. The summed E-state index contributed by atoms with van der Waals surface area (Å²) in [5, 5.41) is 3.34. The van der Waals surface area contributed by atoms with Crippen molar-refractivity contribution < 1.29 is 28.2 Å². The van der Waals surface area contributed by atoms with Crippen molar-refractivity contribution in [1.29, 1.82) is 0 Å². The van der Waals surface area contributed by atoms with Crippen LogP contribution in [0.3, 0.4) is 0 Å². The first kappa shape index (κ1) is 28.2. The van der Waals surface area contributed by atoms with Gasteiger partial charge in [0.2, 0.25) is 0 Å². The molecular formula is C32H31FN2O5S. The monoisotopic (exact) mass is 574 g/mol. The molecule has 1 aliphatic heterocycles. The average molecular weight is 575 g/mol. The molecule has 0 saturated carbocycles. The number of amides is 1. The van der Waals surface area contributed by atoms with Gasteiger partial charge in [0, 0.05) is 35.2 Å². The molecule has 0 aliphatic carbocycles. The molecule has 0 atom stereocenters. The van der Waals surface area contributed by atoms with Crippen molar-refractivity contribution in [3.8, 4) is 28.4 Å². The second-order valence-corrected chi connectivity index (χ2v) is 11.8. The lowest BCUT2D eigenvalue weighted by Gasteiger charge is -2.39. The minimum atomic E-state index is -0.801. The van der Waals surface area contributed by atoms with Gasteiger partial charge in [-0.05, 0) is 75.2 Å². The Morgan fingerprint density at radius 3 is 2.46 bits per heavy atom. The van der Waals surface area contributed by atoms with Crippen LogP contribution in [0, 0.1) is 19.7 Å². The second kappa shape index (κ2) is 10.9. The Bertz CT molecular complexity index is 1660. The largest absolute Gasteiger partial charge is 0.496 e. The maximum atomic E-state index is 14.0. The Morgan fingerprint density at radius 1 is 1.00 bits per heavy atom. The maximum Gasteiger partial charge on any atom is 0.353 e. The summed E-state index contributed by atoms with van der Waals surface area (Å²) in [5.41, 5.74) is 3.58. The van der Waals surface area contributed by atoms with Crippen LogP contribution in [0.25, 0.3) is 11.1 Å². The molecule has 0 spiro atoms. The van der Waals surface area contributed by atoms with Gasteiger partial charge in [-0.1, -0.05) is 12.1 Å². The number of rotatable bonds is 7. The molecule has 3 aromatic carbocycles. The highest BCUT2D eigenvalue weighted by Crippen LogP contribution is 2.45. The first-order valence-electron chi connectivity index (χ1n) is 13.1. The molecular weight excluding hydrogens is 543 g/mol. The van der Waals surface area contributed by atoms with E-state index in [1.165, 1.54) is 30.6 Å². The van der Waals surface area contributed by atoms with Crippen LogP contribution in [0.1, 0.15) is 39.5 Å². The standard InChI is InChI=1S/C32H31FN2O5S/c1-18-7-9-20(33)15-26(18)39-17-24-22(12-13-25-29(24)35(5)31(37)32(3,4)34-25)23-11-10-21(16-27(23)38-6)40-30(36)28-14-8-19(2)41-28/h7-16,34H,17H2,1-6H3. The topological polar surface area (TPSA) is 77.1 Å². The van der Waals surface area contributed by atoms with Crippen LogP contribution < -0.4 is 24.4 Å². The van der Waals surface area contributed by atoms with Crippen molar-refractivity contribution >= 4 is 34.6 Å². The zero-order valence-corrected chi connectivity index (χ0v) is 24.6. The molecule has 5 rings (SSSR count). The molecule has 0 radical (unpaired) electrons. The third kappa shape index (κ3) is 5.50. The molecule has 2 heterocycles. The third-order valence-corrected chi connectivity index (χ3v) is 8.02. The van der Waals surface area contributed by atoms with Crippen LogP contribution in [0.5, 0.6) is 17.2 Å². The molecule has 1 N–H and O–H groups in total. The van der Waals surface area contributed by atoms with Crippen LogP contribution in [0.15, 0.2) is 60.7 Å². The van der Waals surface area contributed by atoms with E-state index < -0.39 is 17.3 Å². The first-order valence-corrected chi connectivity index (χ1v) is 13.9. The number of nitrogens with one attached hydrogen (secondary N) is 1. The van der Waals surface area contributed by atoms with Crippen LogP contribution in [0.2, 0.25) is 0 Å². The number of fused-ring (bicyclic) bond motifs is 1. The molecule has 9 heteroatoms. The maximum absolute atomic E-state index is 14.0. The van der Waals surface area contributed by atoms with Crippen molar-refractivity contribution in [2.75, 3.05) is 24.4 Å². The zero-order chi connectivity index (χ0) is 29.5. The molecule has 212 valence electrons. The number of carbonyl (C=O) groups is 2. The van der Waals surface area contributed by atoms with Crippen molar-refractivity contribution in [2.45, 2.75) is 39.8 Å². The number of ether oxygens (including phenoxy) is 3. The number of hydrogen-bond donors (Lipinski definition) is 1. The Labute approximate surface area is 242 Å². The van der Waals surface area contributed by atoms with Gasteiger partial charge in [-0.2, -0.15) is 0 Å². The van der Waals surface area contributed by atoms with E-state index in [1.54, 1.807) is 36.2 Å². The number of likely N-dealkylation sites (N-methyl/N-ethyl adjacent to an activating group) is 1. The van der Waals surface area contributed by atoms with E-state index >= 15 is 0 Å². The number of esters is 1. The van der Waals surface area contributed by atoms with Crippen LogP contribution in [0.4, 0.5) is 15.8 Å². The Hall–Kier alpha value is -4.37.